The van der Waals surface area contributed by atoms with E-state index in [-0.39, 0.29) is 18.6 Å². The number of para-hydroxylation sites is 2. The number of benzene rings is 4. The summed E-state index contributed by atoms with van der Waals surface area (Å²) in [4.78, 5) is 31.2. The third-order valence-electron chi connectivity index (χ3n) is 7.48. The van der Waals surface area contributed by atoms with E-state index >= 15 is 0 Å². The van der Waals surface area contributed by atoms with E-state index in [1.165, 1.54) is 0 Å². The molecule has 214 valence electrons. The number of fused-ring (bicyclic) bond motifs is 1. The van der Waals surface area contributed by atoms with Crippen LogP contribution in [0.5, 0.6) is 17.2 Å². The van der Waals surface area contributed by atoms with Crippen LogP contribution in [-0.2, 0) is 6.54 Å². The summed E-state index contributed by atoms with van der Waals surface area (Å²) in [5, 5.41) is 5.98. The fourth-order valence-corrected chi connectivity index (χ4v) is 5.27. The molecule has 0 atom stereocenters. The zero-order valence-electron chi connectivity index (χ0n) is 23.3. The van der Waals surface area contributed by atoms with Crippen LogP contribution < -0.4 is 34.6 Å². The second-order valence-corrected chi connectivity index (χ2v) is 10.1. The van der Waals surface area contributed by atoms with Gasteiger partial charge in [-0.2, -0.15) is 0 Å². The molecule has 0 aliphatic carbocycles. The summed E-state index contributed by atoms with van der Waals surface area (Å²) in [6.45, 7) is 3.52. The zero-order valence-corrected chi connectivity index (χ0v) is 23.3. The van der Waals surface area contributed by atoms with Crippen LogP contribution in [0.3, 0.4) is 0 Å². The average Bonchev–Trinajstić information content (AvgIpc) is 3.52. The van der Waals surface area contributed by atoms with Crippen molar-refractivity contribution in [1.29, 1.82) is 0 Å². The number of nitrogens with zero attached hydrogens (tertiary/aromatic N) is 2. The molecule has 2 heterocycles. The van der Waals surface area contributed by atoms with Crippen molar-refractivity contribution >= 4 is 28.9 Å². The Morgan fingerprint density at radius 3 is 2.26 bits per heavy atom. The van der Waals surface area contributed by atoms with Crippen molar-refractivity contribution in [2.24, 2.45) is 0 Å². The highest BCUT2D eigenvalue weighted by atomic mass is 16.7. The number of amides is 2. The molecule has 4 aromatic rings. The lowest BCUT2D eigenvalue weighted by Crippen LogP contribution is -2.47. The van der Waals surface area contributed by atoms with E-state index in [0.29, 0.717) is 34.9 Å². The number of nitrogens with one attached hydrogen (secondary N) is 2. The Balaban J connectivity index is 1.22. The zero-order chi connectivity index (χ0) is 28.9. The molecule has 0 aromatic heterocycles. The standard InChI is InChI=1S/C33H32N4O5/c1-40-29-10-6-5-9-28(29)37-17-15-36(16-18-37)27-13-12-25(20-26(27)33(39)34-21-23-7-3-2-4-8-23)35-32(38)24-11-14-30-31(19-24)42-22-41-30/h2-14,19-20H,15-18,21-22H2,1H3,(H,34,39)(H,35,38). The molecular formula is C33H32N4O5. The van der Waals surface area contributed by atoms with Gasteiger partial charge in [0.25, 0.3) is 11.8 Å². The number of methoxy groups -OCH3 is 1. The van der Waals surface area contributed by atoms with Crippen molar-refractivity contribution in [2.45, 2.75) is 6.54 Å². The fourth-order valence-electron chi connectivity index (χ4n) is 5.27. The summed E-state index contributed by atoms with van der Waals surface area (Å²) in [6.07, 6.45) is 0. The van der Waals surface area contributed by atoms with Gasteiger partial charge in [0.1, 0.15) is 5.75 Å². The summed E-state index contributed by atoms with van der Waals surface area (Å²) in [5.74, 6) is 1.47. The fraction of sp³-hybridized carbons (Fsp3) is 0.212. The summed E-state index contributed by atoms with van der Waals surface area (Å²) >= 11 is 0. The van der Waals surface area contributed by atoms with Gasteiger partial charge in [-0.25, -0.2) is 0 Å². The maximum absolute atomic E-state index is 13.6. The molecule has 4 aromatic carbocycles. The SMILES string of the molecule is COc1ccccc1N1CCN(c2ccc(NC(=O)c3ccc4c(c3)OCO4)cc2C(=O)NCc2ccccc2)CC1. The number of carbonyl (C=O) groups is 2. The predicted molar refractivity (Wildman–Crippen MR) is 162 cm³/mol. The molecule has 1 fully saturated rings. The molecule has 0 radical (unpaired) electrons. The number of anilines is 3. The first-order chi connectivity index (χ1) is 20.6. The van der Waals surface area contributed by atoms with E-state index in [2.05, 4.69) is 26.5 Å². The van der Waals surface area contributed by atoms with Gasteiger partial charge < -0.3 is 34.6 Å². The topological polar surface area (TPSA) is 92.4 Å². The Morgan fingerprint density at radius 1 is 0.762 bits per heavy atom. The Morgan fingerprint density at radius 2 is 1.48 bits per heavy atom. The molecule has 0 spiro atoms. The van der Waals surface area contributed by atoms with E-state index in [1.54, 1.807) is 31.4 Å². The van der Waals surface area contributed by atoms with Crippen molar-refractivity contribution in [3.63, 3.8) is 0 Å². The van der Waals surface area contributed by atoms with Crippen LogP contribution in [0.4, 0.5) is 17.1 Å². The lowest BCUT2D eigenvalue weighted by molar-refractivity contribution is 0.0950. The van der Waals surface area contributed by atoms with Gasteiger partial charge in [-0.15, -0.1) is 0 Å². The molecule has 9 heteroatoms. The highest BCUT2D eigenvalue weighted by Crippen LogP contribution is 2.34. The summed E-state index contributed by atoms with van der Waals surface area (Å²) in [7, 11) is 1.68. The van der Waals surface area contributed by atoms with Crippen molar-refractivity contribution < 1.29 is 23.8 Å². The van der Waals surface area contributed by atoms with Gasteiger partial charge in [0.15, 0.2) is 11.5 Å². The first-order valence-electron chi connectivity index (χ1n) is 13.9. The largest absolute Gasteiger partial charge is 0.495 e. The van der Waals surface area contributed by atoms with Gasteiger partial charge >= 0.3 is 0 Å². The van der Waals surface area contributed by atoms with Gasteiger partial charge in [0, 0.05) is 49.7 Å². The third kappa shape index (κ3) is 5.81. The number of rotatable bonds is 8. The van der Waals surface area contributed by atoms with E-state index in [1.807, 2.05) is 60.7 Å². The maximum atomic E-state index is 13.6. The lowest BCUT2D eigenvalue weighted by atomic mass is 10.1. The molecule has 6 rings (SSSR count). The van der Waals surface area contributed by atoms with Crippen molar-refractivity contribution in [3.05, 3.63) is 108 Å². The normalized spacial score (nSPS) is 13.9. The molecule has 0 bridgehead atoms. The first-order valence-corrected chi connectivity index (χ1v) is 13.9. The van der Waals surface area contributed by atoms with Crippen molar-refractivity contribution in [1.82, 2.24) is 5.32 Å². The molecular weight excluding hydrogens is 532 g/mol. The second-order valence-electron chi connectivity index (χ2n) is 10.1. The predicted octanol–water partition coefficient (Wildman–Crippen LogP) is 4.93. The summed E-state index contributed by atoms with van der Waals surface area (Å²) < 4.78 is 16.3. The highest BCUT2D eigenvalue weighted by molar-refractivity contribution is 6.06. The van der Waals surface area contributed by atoms with Crippen molar-refractivity contribution in [2.75, 3.05) is 55.2 Å². The number of carbonyl (C=O) groups excluding carboxylic acids is 2. The lowest BCUT2D eigenvalue weighted by Gasteiger charge is -2.38. The van der Waals surface area contributed by atoms with E-state index in [0.717, 1.165) is 48.9 Å². The molecule has 0 saturated carbocycles. The van der Waals surface area contributed by atoms with Crippen LogP contribution in [-0.4, -0.2) is 51.9 Å². The molecule has 2 aliphatic heterocycles. The van der Waals surface area contributed by atoms with Crippen LogP contribution in [0.25, 0.3) is 0 Å². The molecule has 2 aliphatic rings. The second kappa shape index (κ2) is 12.1. The summed E-state index contributed by atoms with van der Waals surface area (Å²) in [6, 6.07) is 28.3. The number of piperazine rings is 1. The van der Waals surface area contributed by atoms with Gasteiger partial charge in [-0.1, -0.05) is 42.5 Å². The number of hydrogen-bond donors (Lipinski definition) is 2. The summed E-state index contributed by atoms with van der Waals surface area (Å²) in [5.41, 5.74) is 4.35. The minimum atomic E-state index is -0.304. The Hall–Kier alpha value is -5.18. The van der Waals surface area contributed by atoms with E-state index < -0.39 is 0 Å². The molecule has 2 N–H and O–H groups in total. The third-order valence-corrected chi connectivity index (χ3v) is 7.48. The molecule has 0 unspecified atom stereocenters. The Labute approximate surface area is 244 Å². The van der Waals surface area contributed by atoms with Gasteiger partial charge in [0.2, 0.25) is 6.79 Å². The number of ether oxygens (including phenoxy) is 3. The van der Waals surface area contributed by atoms with Crippen LogP contribution in [0, 0.1) is 0 Å². The number of hydrogen-bond acceptors (Lipinski definition) is 7. The smallest absolute Gasteiger partial charge is 0.255 e. The van der Waals surface area contributed by atoms with Gasteiger partial charge in [-0.05, 0) is 54.1 Å². The van der Waals surface area contributed by atoms with Gasteiger partial charge in [0.05, 0.1) is 18.4 Å². The highest BCUT2D eigenvalue weighted by Gasteiger charge is 2.24. The Kier molecular flexibility index (Phi) is 7.81. The maximum Gasteiger partial charge on any atom is 0.255 e. The van der Waals surface area contributed by atoms with Crippen LogP contribution in [0.1, 0.15) is 26.3 Å². The van der Waals surface area contributed by atoms with Crippen molar-refractivity contribution in [3.8, 4) is 17.2 Å². The monoisotopic (exact) mass is 564 g/mol. The molecule has 1 saturated heterocycles. The molecule has 42 heavy (non-hydrogen) atoms. The van der Waals surface area contributed by atoms with Gasteiger partial charge in [-0.3, -0.25) is 9.59 Å². The molecule has 2 amide bonds. The minimum absolute atomic E-state index is 0.135. The van der Waals surface area contributed by atoms with E-state index in [4.69, 9.17) is 14.2 Å². The average molecular weight is 565 g/mol. The molecule has 9 nitrogen and oxygen atoms in total. The minimum Gasteiger partial charge on any atom is -0.495 e. The van der Waals surface area contributed by atoms with E-state index in [9.17, 15) is 9.59 Å². The van der Waals surface area contributed by atoms with Crippen LogP contribution in [0.15, 0.2) is 91.0 Å². The first kappa shape index (κ1) is 27.0. The van der Waals surface area contributed by atoms with Crippen LogP contribution in [0.2, 0.25) is 0 Å². The quantitative estimate of drug-likeness (QED) is 0.314. The Bertz CT molecular complexity index is 1580. The van der Waals surface area contributed by atoms with Crippen LogP contribution >= 0.6 is 0 Å².